The van der Waals surface area contributed by atoms with Gasteiger partial charge in [-0.1, -0.05) is 18.2 Å². The zero-order valence-electron chi connectivity index (χ0n) is 13.5. The van der Waals surface area contributed by atoms with Gasteiger partial charge in [0, 0.05) is 16.2 Å². The van der Waals surface area contributed by atoms with Crippen LogP contribution in [-0.2, 0) is 16.0 Å². The zero-order chi connectivity index (χ0) is 17.4. The van der Waals surface area contributed by atoms with Gasteiger partial charge in [-0.05, 0) is 48.2 Å². The quantitative estimate of drug-likeness (QED) is 0.658. The summed E-state index contributed by atoms with van der Waals surface area (Å²) in [6.07, 6.45) is 3.90. The number of carboxylic acid groups (broad SMARTS) is 1. The number of hydrogen-bond acceptors (Lipinski definition) is 4. The molecule has 0 aliphatic rings. The summed E-state index contributed by atoms with van der Waals surface area (Å²) < 4.78 is 0. The molecule has 1 unspecified atom stereocenters. The second-order valence-corrected chi connectivity index (χ2v) is 7.34. The molecular formula is C18H21NO3S2. The highest BCUT2D eigenvalue weighted by atomic mass is 32.2. The maximum Gasteiger partial charge on any atom is 0.305 e. The predicted octanol–water partition coefficient (Wildman–Crippen LogP) is 4.12. The molecule has 0 aliphatic heterocycles. The number of carbonyl (C=O) groups excluding carboxylic acids is 1. The molecule has 2 rings (SSSR count). The van der Waals surface area contributed by atoms with Crippen LogP contribution in [-0.4, -0.2) is 23.2 Å². The van der Waals surface area contributed by atoms with Crippen LogP contribution in [0.4, 0.5) is 0 Å². The molecule has 0 spiro atoms. The highest BCUT2D eigenvalue weighted by molar-refractivity contribution is 7.98. The Balaban J connectivity index is 1.91. The van der Waals surface area contributed by atoms with Crippen molar-refractivity contribution in [3.8, 4) is 0 Å². The van der Waals surface area contributed by atoms with Gasteiger partial charge in [-0.2, -0.15) is 0 Å². The SMILES string of the molecule is CSc1ccc(C(CC(=O)O)NC(=O)CCCc2cccs2)cc1. The largest absolute Gasteiger partial charge is 0.481 e. The van der Waals surface area contributed by atoms with Crippen LogP contribution in [0.5, 0.6) is 0 Å². The van der Waals surface area contributed by atoms with E-state index < -0.39 is 12.0 Å². The van der Waals surface area contributed by atoms with Gasteiger partial charge >= 0.3 is 5.97 Å². The van der Waals surface area contributed by atoms with Crippen molar-refractivity contribution in [3.63, 3.8) is 0 Å². The van der Waals surface area contributed by atoms with Gasteiger partial charge in [-0.25, -0.2) is 0 Å². The Kier molecular flexibility index (Phi) is 7.34. The van der Waals surface area contributed by atoms with E-state index in [2.05, 4.69) is 11.4 Å². The Labute approximate surface area is 150 Å². The lowest BCUT2D eigenvalue weighted by atomic mass is 10.0. The Morgan fingerprint density at radius 1 is 1.25 bits per heavy atom. The van der Waals surface area contributed by atoms with E-state index in [0.29, 0.717) is 6.42 Å². The molecule has 4 nitrogen and oxygen atoms in total. The average Bonchev–Trinajstić information content (AvgIpc) is 3.07. The van der Waals surface area contributed by atoms with Gasteiger partial charge in [0.05, 0.1) is 12.5 Å². The number of carbonyl (C=O) groups is 2. The van der Waals surface area contributed by atoms with E-state index in [4.69, 9.17) is 5.11 Å². The fourth-order valence-corrected chi connectivity index (χ4v) is 3.57. The molecule has 0 aliphatic carbocycles. The minimum atomic E-state index is -0.923. The summed E-state index contributed by atoms with van der Waals surface area (Å²) in [7, 11) is 0. The first kappa shape index (κ1) is 18.5. The summed E-state index contributed by atoms with van der Waals surface area (Å²) in [4.78, 5) is 25.6. The second kappa shape index (κ2) is 9.49. The molecule has 128 valence electrons. The Bertz CT molecular complexity index is 653. The van der Waals surface area contributed by atoms with Crippen LogP contribution >= 0.6 is 23.1 Å². The number of nitrogens with one attached hydrogen (secondary N) is 1. The first-order chi connectivity index (χ1) is 11.6. The van der Waals surface area contributed by atoms with Gasteiger partial charge in [-0.15, -0.1) is 23.1 Å². The van der Waals surface area contributed by atoms with E-state index >= 15 is 0 Å². The van der Waals surface area contributed by atoms with Crippen molar-refractivity contribution >= 4 is 35.0 Å². The molecule has 2 N–H and O–H groups in total. The molecule has 1 heterocycles. The lowest BCUT2D eigenvalue weighted by molar-refractivity contribution is -0.137. The van der Waals surface area contributed by atoms with Crippen LogP contribution in [0.1, 0.15) is 35.7 Å². The van der Waals surface area contributed by atoms with E-state index in [-0.39, 0.29) is 12.3 Å². The maximum absolute atomic E-state index is 12.2. The van der Waals surface area contributed by atoms with Gasteiger partial charge in [0.2, 0.25) is 5.91 Å². The zero-order valence-corrected chi connectivity index (χ0v) is 15.2. The highest BCUT2D eigenvalue weighted by Gasteiger charge is 2.18. The van der Waals surface area contributed by atoms with Crippen LogP contribution in [0.15, 0.2) is 46.7 Å². The van der Waals surface area contributed by atoms with E-state index in [1.165, 1.54) is 4.88 Å². The number of hydrogen-bond donors (Lipinski definition) is 2. The number of thioether (sulfide) groups is 1. The lowest BCUT2D eigenvalue weighted by Crippen LogP contribution is -2.30. The molecule has 1 aromatic carbocycles. The van der Waals surface area contributed by atoms with Crippen molar-refractivity contribution in [2.75, 3.05) is 6.26 Å². The highest BCUT2D eigenvalue weighted by Crippen LogP contribution is 2.22. The number of amides is 1. The summed E-state index contributed by atoms with van der Waals surface area (Å²) in [5.41, 5.74) is 0.821. The topological polar surface area (TPSA) is 66.4 Å². The Hall–Kier alpha value is -1.79. The van der Waals surface area contributed by atoms with Crippen molar-refractivity contribution in [2.45, 2.75) is 36.6 Å². The van der Waals surface area contributed by atoms with Gasteiger partial charge in [0.15, 0.2) is 0 Å². The minimum absolute atomic E-state index is 0.105. The van der Waals surface area contributed by atoms with Crippen molar-refractivity contribution < 1.29 is 14.7 Å². The first-order valence-electron chi connectivity index (χ1n) is 7.76. The van der Waals surface area contributed by atoms with Crippen molar-refractivity contribution in [3.05, 3.63) is 52.2 Å². The van der Waals surface area contributed by atoms with Gasteiger partial charge in [0.1, 0.15) is 0 Å². The van der Waals surface area contributed by atoms with E-state index in [0.717, 1.165) is 23.3 Å². The summed E-state index contributed by atoms with van der Waals surface area (Å²) in [6.45, 7) is 0. The second-order valence-electron chi connectivity index (χ2n) is 5.42. The molecular weight excluding hydrogens is 342 g/mol. The number of carboxylic acids is 1. The third kappa shape index (κ3) is 6.02. The van der Waals surface area contributed by atoms with E-state index in [1.807, 2.05) is 42.0 Å². The number of thiophene rings is 1. The summed E-state index contributed by atoms with van der Waals surface area (Å²) >= 11 is 3.31. The molecule has 0 saturated heterocycles. The van der Waals surface area contributed by atoms with Crippen molar-refractivity contribution in [1.29, 1.82) is 0 Å². The van der Waals surface area contributed by atoms with Crippen LogP contribution in [0, 0.1) is 0 Å². The molecule has 1 atom stereocenters. The number of benzene rings is 1. The fraction of sp³-hybridized carbons (Fsp3) is 0.333. The Morgan fingerprint density at radius 3 is 2.58 bits per heavy atom. The third-order valence-electron chi connectivity index (χ3n) is 3.64. The van der Waals surface area contributed by atoms with Crippen LogP contribution in [0.3, 0.4) is 0 Å². The average molecular weight is 364 g/mol. The predicted molar refractivity (Wildman–Crippen MR) is 98.6 cm³/mol. The van der Waals surface area contributed by atoms with Crippen molar-refractivity contribution in [1.82, 2.24) is 5.32 Å². The molecule has 1 amide bonds. The first-order valence-corrected chi connectivity index (χ1v) is 9.86. The normalized spacial score (nSPS) is 11.9. The molecule has 6 heteroatoms. The molecule has 2 aromatic rings. The van der Waals surface area contributed by atoms with Crippen molar-refractivity contribution in [2.24, 2.45) is 0 Å². The lowest BCUT2D eigenvalue weighted by Gasteiger charge is -2.18. The summed E-state index contributed by atoms with van der Waals surface area (Å²) in [5, 5.41) is 14.0. The van der Waals surface area contributed by atoms with Gasteiger partial charge in [0.25, 0.3) is 0 Å². The standard InChI is InChI=1S/C18H21NO3S2/c1-23-14-9-7-13(8-10-14)16(12-18(21)22)19-17(20)6-2-4-15-5-3-11-24-15/h3,5,7-11,16H,2,4,6,12H2,1H3,(H,19,20)(H,21,22). The molecule has 0 radical (unpaired) electrons. The number of rotatable bonds is 9. The molecule has 0 fully saturated rings. The number of aliphatic carboxylic acids is 1. The smallest absolute Gasteiger partial charge is 0.305 e. The van der Waals surface area contributed by atoms with Gasteiger partial charge < -0.3 is 10.4 Å². The monoisotopic (exact) mass is 363 g/mol. The molecule has 1 aromatic heterocycles. The third-order valence-corrected chi connectivity index (χ3v) is 5.32. The van der Waals surface area contributed by atoms with Crippen LogP contribution < -0.4 is 5.32 Å². The van der Waals surface area contributed by atoms with Crippen LogP contribution in [0.2, 0.25) is 0 Å². The van der Waals surface area contributed by atoms with Gasteiger partial charge in [-0.3, -0.25) is 9.59 Å². The summed E-state index contributed by atoms with van der Waals surface area (Å²) in [5.74, 6) is -1.03. The minimum Gasteiger partial charge on any atom is -0.481 e. The molecule has 0 saturated carbocycles. The molecule has 24 heavy (non-hydrogen) atoms. The summed E-state index contributed by atoms with van der Waals surface area (Å²) in [6, 6.07) is 11.2. The van der Waals surface area contributed by atoms with Crippen LogP contribution in [0.25, 0.3) is 0 Å². The number of aryl methyl sites for hydroxylation is 1. The fourth-order valence-electron chi connectivity index (χ4n) is 2.41. The molecule has 0 bridgehead atoms. The van der Waals surface area contributed by atoms with E-state index in [1.54, 1.807) is 23.1 Å². The maximum atomic E-state index is 12.2. The van der Waals surface area contributed by atoms with E-state index in [9.17, 15) is 9.59 Å². The Morgan fingerprint density at radius 2 is 2.00 bits per heavy atom.